The number of ether oxygens (including phenoxy) is 1. The number of rotatable bonds is 5. The minimum Gasteiger partial charge on any atom is -0.465 e. The van der Waals surface area contributed by atoms with Crippen LogP contribution in [0.15, 0.2) is 41.5 Å². The minimum atomic E-state index is -0.457. The second kappa shape index (κ2) is 8.81. The van der Waals surface area contributed by atoms with Gasteiger partial charge in [0.25, 0.3) is 0 Å². The molecule has 0 spiro atoms. The molecular formula is C22H26N6O4. The topological polar surface area (TPSA) is 111 Å². The average molecular weight is 438 g/mol. The Hall–Kier alpha value is -3.69. The summed E-state index contributed by atoms with van der Waals surface area (Å²) < 4.78 is 7.22. The quantitative estimate of drug-likeness (QED) is 0.605. The maximum atomic E-state index is 12.8. The Kier molecular flexibility index (Phi) is 5.93. The first kappa shape index (κ1) is 21.5. The van der Waals surface area contributed by atoms with Crippen molar-refractivity contribution in [3.63, 3.8) is 0 Å². The van der Waals surface area contributed by atoms with E-state index in [9.17, 15) is 14.4 Å². The van der Waals surface area contributed by atoms with Crippen LogP contribution in [-0.2, 0) is 16.1 Å². The summed E-state index contributed by atoms with van der Waals surface area (Å²) in [5.74, 6) is 0.828. The summed E-state index contributed by atoms with van der Waals surface area (Å²) in [6, 6.07) is 6.29. The van der Waals surface area contributed by atoms with Gasteiger partial charge in [-0.3, -0.25) is 4.79 Å². The molecule has 0 bridgehead atoms. The largest absolute Gasteiger partial charge is 0.465 e. The number of aromatic nitrogens is 4. The van der Waals surface area contributed by atoms with E-state index in [-0.39, 0.29) is 6.54 Å². The molecule has 0 radical (unpaired) electrons. The van der Waals surface area contributed by atoms with E-state index in [0.29, 0.717) is 34.6 Å². The Bertz CT molecular complexity index is 1190. The second-order valence-corrected chi connectivity index (χ2v) is 8.35. The van der Waals surface area contributed by atoms with Gasteiger partial charge in [-0.2, -0.15) is 0 Å². The van der Waals surface area contributed by atoms with Crippen molar-refractivity contribution in [3.8, 4) is 0 Å². The number of piperidine rings is 1. The van der Waals surface area contributed by atoms with Gasteiger partial charge in [0.15, 0.2) is 5.82 Å². The second-order valence-electron chi connectivity index (χ2n) is 8.35. The van der Waals surface area contributed by atoms with Gasteiger partial charge in [-0.1, -0.05) is 13.8 Å². The molecule has 0 unspecified atom stereocenters. The number of hydrogen-bond acceptors (Lipinski definition) is 7. The lowest BCUT2D eigenvalue weighted by molar-refractivity contribution is -0.117. The number of carbonyl (C=O) groups is 2. The number of carbonyl (C=O) groups excluding carboxylic acids is 2. The van der Waals surface area contributed by atoms with Gasteiger partial charge in [0.05, 0.1) is 12.7 Å². The highest BCUT2D eigenvalue weighted by Crippen LogP contribution is 2.26. The van der Waals surface area contributed by atoms with Crippen LogP contribution >= 0.6 is 0 Å². The van der Waals surface area contributed by atoms with Crippen LogP contribution < -0.4 is 15.9 Å². The molecule has 4 rings (SSSR count). The molecule has 168 valence electrons. The summed E-state index contributed by atoms with van der Waals surface area (Å²) in [6.07, 6.45) is 4.30. The monoisotopic (exact) mass is 438 g/mol. The Balaban J connectivity index is 1.53. The first-order valence-corrected chi connectivity index (χ1v) is 10.5. The van der Waals surface area contributed by atoms with Gasteiger partial charge < -0.3 is 15.0 Å². The van der Waals surface area contributed by atoms with Crippen LogP contribution in [0, 0.1) is 11.8 Å². The molecule has 0 saturated carbocycles. The fourth-order valence-corrected chi connectivity index (χ4v) is 4.24. The Labute approximate surface area is 184 Å². The molecule has 1 aliphatic rings. The van der Waals surface area contributed by atoms with E-state index in [0.717, 1.165) is 24.2 Å². The van der Waals surface area contributed by atoms with Gasteiger partial charge >= 0.3 is 11.7 Å². The Morgan fingerprint density at radius 1 is 1.16 bits per heavy atom. The molecule has 10 nitrogen and oxygen atoms in total. The number of fused-ring (bicyclic) bond motifs is 1. The highest BCUT2D eigenvalue weighted by atomic mass is 16.5. The van der Waals surface area contributed by atoms with E-state index >= 15 is 0 Å². The SMILES string of the molecule is COC(=O)c1ccc(NC(=O)Cn2nc3c(N4C[C@H](C)C[C@@H](C)C4)nccn3c2=O)cc1. The van der Waals surface area contributed by atoms with E-state index in [4.69, 9.17) is 0 Å². The van der Waals surface area contributed by atoms with Crippen molar-refractivity contribution in [3.05, 3.63) is 52.7 Å². The zero-order valence-corrected chi connectivity index (χ0v) is 18.3. The van der Waals surface area contributed by atoms with Crippen molar-refractivity contribution in [1.82, 2.24) is 19.2 Å². The van der Waals surface area contributed by atoms with Crippen molar-refractivity contribution in [2.45, 2.75) is 26.8 Å². The fourth-order valence-electron chi connectivity index (χ4n) is 4.24. The molecule has 1 aromatic carbocycles. The van der Waals surface area contributed by atoms with Crippen molar-refractivity contribution < 1.29 is 14.3 Å². The molecule has 1 amide bonds. The number of amides is 1. The van der Waals surface area contributed by atoms with Crippen LogP contribution in [0.4, 0.5) is 11.5 Å². The minimum absolute atomic E-state index is 0.245. The summed E-state index contributed by atoms with van der Waals surface area (Å²) in [4.78, 5) is 43.5. The van der Waals surface area contributed by atoms with E-state index in [1.165, 1.54) is 11.5 Å². The number of benzene rings is 1. The maximum Gasteiger partial charge on any atom is 0.350 e. The van der Waals surface area contributed by atoms with E-state index in [2.05, 4.69) is 38.9 Å². The van der Waals surface area contributed by atoms with Crippen molar-refractivity contribution in [2.75, 3.05) is 30.4 Å². The van der Waals surface area contributed by atoms with Crippen LogP contribution in [0.25, 0.3) is 5.65 Å². The normalized spacial score (nSPS) is 18.5. The van der Waals surface area contributed by atoms with Crippen molar-refractivity contribution >= 4 is 29.0 Å². The molecule has 3 aromatic rings. The predicted octanol–water partition coefficient (Wildman–Crippen LogP) is 1.80. The fraction of sp³-hybridized carbons (Fsp3) is 0.409. The van der Waals surface area contributed by atoms with Crippen LogP contribution in [0.3, 0.4) is 0 Å². The first-order chi connectivity index (χ1) is 15.4. The number of anilines is 2. The third-order valence-electron chi connectivity index (χ3n) is 5.53. The van der Waals surface area contributed by atoms with Crippen molar-refractivity contribution in [1.29, 1.82) is 0 Å². The zero-order valence-electron chi connectivity index (χ0n) is 18.3. The number of methoxy groups -OCH3 is 1. The standard InChI is InChI=1S/C22H26N6O4/c1-14-10-15(2)12-26(11-14)19-20-25-28(22(31)27(20)9-8-23-19)13-18(29)24-17-6-4-16(5-7-17)21(30)32-3/h4-9,14-15H,10-13H2,1-3H3,(H,24,29)/t14-,15-/m1/s1. The van der Waals surface area contributed by atoms with Gasteiger partial charge in [-0.05, 0) is 42.5 Å². The lowest BCUT2D eigenvalue weighted by Gasteiger charge is -2.35. The van der Waals surface area contributed by atoms with Gasteiger partial charge in [0.2, 0.25) is 11.6 Å². The van der Waals surface area contributed by atoms with Crippen molar-refractivity contribution in [2.24, 2.45) is 11.8 Å². The molecule has 2 aromatic heterocycles. The number of nitrogens with zero attached hydrogens (tertiary/aromatic N) is 5. The molecule has 2 atom stereocenters. The maximum absolute atomic E-state index is 12.8. The van der Waals surface area contributed by atoms with Crippen LogP contribution in [0.1, 0.15) is 30.6 Å². The molecule has 3 heterocycles. The third kappa shape index (κ3) is 4.34. The Morgan fingerprint density at radius 3 is 2.50 bits per heavy atom. The van der Waals surface area contributed by atoms with E-state index in [1.807, 2.05) is 0 Å². The van der Waals surface area contributed by atoms with Crippen LogP contribution in [-0.4, -0.2) is 51.2 Å². The zero-order chi connectivity index (χ0) is 22.8. The predicted molar refractivity (Wildman–Crippen MR) is 119 cm³/mol. The van der Waals surface area contributed by atoms with Crippen LogP contribution in [0.5, 0.6) is 0 Å². The third-order valence-corrected chi connectivity index (χ3v) is 5.53. The lowest BCUT2D eigenvalue weighted by atomic mass is 9.92. The van der Waals surface area contributed by atoms with E-state index in [1.54, 1.807) is 36.7 Å². The summed E-state index contributed by atoms with van der Waals surface area (Å²) >= 11 is 0. The molecule has 1 saturated heterocycles. The molecular weight excluding hydrogens is 412 g/mol. The van der Waals surface area contributed by atoms with Gasteiger partial charge in [-0.25, -0.2) is 23.7 Å². The van der Waals surface area contributed by atoms with Gasteiger partial charge in [0.1, 0.15) is 6.54 Å². The van der Waals surface area contributed by atoms with E-state index < -0.39 is 17.6 Å². The smallest absolute Gasteiger partial charge is 0.350 e. The Morgan fingerprint density at radius 2 is 1.84 bits per heavy atom. The van der Waals surface area contributed by atoms with Gasteiger partial charge in [-0.15, -0.1) is 5.10 Å². The number of hydrogen-bond donors (Lipinski definition) is 1. The highest BCUT2D eigenvalue weighted by molar-refractivity contribution is 5.92. The summed E-state index contributed by atoms with van der Waals surface area (Å²) in [5.41, 5.74) is 0.911. The molecule has 0 aliphatic carbocycles. The molecule has 32 heavy (non-hydrogen) atoms. The first-order valence-electron chi connectivity index (χ1n) is 10.5. The molecule has 1 aliphatic heterocycles. The molecule has 1 N–H and O–H groups in total. The molecule has 1 fully saturated rings. The molecule has 10 heteroatoms. The van der Waals surface area contributed by atoms with Crippen LogP contribution in [0.2, 0.25) is 0 Å². The summed E-state index contributed by atoms with van der Waals surface area (Å²) in [7, 11) is 1.30. The summed E-state index contributed by atoms with van der Waals surface area (Å²) in [6.45, 7) is 5.86. The highest BCUT2D eigenvalue weighted by Gasteiger charge is 2.26. The van der Waals surface area contributed by atoms with Gasteiger partial charge in [0, 0.05) is 31.2 Å². The summed E-state index contributed by atoms with van der Waals surface area (Å²) in [5, 5.41) is 7.12. The average Bonchev–Trinajstić information content (AvgIpc) is 3.08. The number of nitrogens with one attached hydrogen (secondary N) is 1. The number of esters is 1. The lowest BCUT2D eigenvalue weighted by Crippen LogP contribution is -2.39.